The van der Waals surface area contributed by atoms with Gasteiger partial charge in [0.1, 0.15) is 5.78 Å². The van der Waals surface area contributed by atoms with E-state index in [2.05, 4.69) is 13.8 Å². The number of Topliss-reactive ketones (excluding diaryl/α,β-unsaturated/α-hetero) is 1. The molecule has 0 heterocycles. The summed E-state index contributed by atoms with van der Waals surface area (Å²) in [5, 5.41) is 0. The van der Waals surface area contributed by atoms with E-state index in [-0.39, 0.29) is 5.78 Å². The molecule has 10 heavy (non-hydrogen) atoms. The predicted molar refractivity (Wildman–Crippen MR) is 44.0 cm³/mol. The van der Waals surface area contributed by atoms with Gasteiger partial charge in [0.2, 0.25) is 0 Å². The maximum Gasteiger partial charge on any atom is 0.133 e. The van der Waals surface area contributed by atoms with Gasteiger partial charge in [0.15, 0.2) is 0 Å². The van der Waals surface area contributed by atoms with Crippen molar-refractivity contribution in [3.63, 3.8) is 0 Å². The van der Waals surface area contributed by atoms with Crippen molar-refractivity contribution in [2.45, 2.75) is 40.5 Å². The number of ketones is 1. The normalized spacial score (nSPS) is 12.8. The summed E-state index contributed by atoms with van der Waals surface area (Å²) in [6.45, 7) is 7.85. The van der Waals surface area contributed by atoms with Crippen LogP contribution in [0.25, 0.3) is 0 Å². The highest BCUT2D eigenvalue weighted by Crippen LogP contribution is 2.10. The molecule has 0 fully saturated rings. The lowest BCUT2D eigenvalue weighted by molar-refractivity contribution is -0.116. The zero-order valence-corrected chi connectivity index (χ0v) is 7.32. The van der Waals surface area contributed by atoms with Crippen molar-refractivity contribution in [3.05, 3.63) is 11.1 Å². The van der Waals surface area contributed by atoms with E-state index in [4.69, 9.17) is 0 Å². The van der Waals surface area contributed by atoms with E-state index in [1.165, 1.54) is 11.1 Å². The van der Waals surface area contributed by atoms with Crippen LogP contribution >= 0.6 is 0 Å². The molecule has 0 aromatic heterocycles. The van der Waals surface area contributed by atoms with Crippen molar-refractivity contribution in [2.75, 3.05) is 0 Å². The van der Waals surface area contributed by atoms with Crippen molar-refractivity contribution in [3.8, 4) is 0 Å². The molecule has 58 valence electrons. The monoisotopic (exact) mass is 140 g/mol. The van der Waals surface area contributed by atoms with Gasteiger partial charge in [0.05, 0.1) is 0 Å². The summed E-state index contributed by atoms with van der Waals surface area (Å²) < 4.78 is 0. The number of hydrogen-bond acceptors (Lipinski definition) is 1. The second-order valence-corrected chi connectivity index (χ2v) is 2.79. The number of rotatable bonds is 3. The summed E-state index contributed by atoms with van der Waals surface area (Å²) in [5.41, 5.74) is 2.57. The summed E-state index contributed by atoms with van der Waals surface area (Å²) >= 11 is 0. The van der Waals surface area contributed by atoms with Gasteiger partial charge in [-0.1, -0.05) is 18.1 Å². The third-order valence-electron chi connectivity index (χ3n) is 1.77. The molecule has 1 heteroatoms. The van der Waals surface area contributed by atoms with Crippen molar-refractivity contribution in [1.29, 1.82) is 0 Å². The van der Waals surface area contributed by atoms with Gasteiger partial charge in [0.25, 0.3) is 0 Å². The van der Waals surface area contributed by atoms with Crippen molar-refractivity contribution in [2.24, 2.45) is 0 Å². The summed E-state index contributed by atoms with van der Waals surface area (Å²) in [4.78, 5) is 10.6. The highest BCUT2D eigenvalue weighted by molar-refractivity contribution is 5.78. The molecule has 0 bridgehead atoms. The van der Waals surface area contributed by atoms with E-state index < -0.39 is 0 Å². The third-order valence-corrected chi connectivity index (χ3v) is 1.77. The minimum absolute atomic E-state index is 0.255. The fourth-order valence-electron chi connectivity index (χ4n) is 0.826. The summed E-state index contributed by atoms with van der Waals surface area (Å²) in [7, 11) is 0. The Morgan fingerprint density at radius 1 is 1.10 bits per heavy atom. The molecule has 0 saturated carbocycles. The van der Waals surface area contributed by atoms with E-state index >= 15 is 0 Å². The van der Waals surface area contributed by atoms with Gasteiger partial charge in [0, 0.05) is 6.42 Å². The number of carbonyl (C=O) groups is 1. The Bertz CT molecular complexity index is 154. The van der Waals surface area contributed by atoms with Gasteiger partial charge in [-0.3, -0.25) is 4.79 Å². The van der Waals surface area contributed by atoms with Crippen LogP contribution in [0.1, 0.15) is 40.5 Å². The molecule has 0 aliphatic carbocycles. The zero-order chi connectivity index (χ0) is 8.15. The van der Waals surface area contributed by atoms with Crippen LogP contribution in [0, 0.1) is 0 Å². The Hall–Kier alpha value is -0.590. The maximum absolute atomic E-state index is 10.6. The second kappa shape index (κ2) is 4.26. The number of hydrogen-bond donors (Lipinski definition) is 0. The summed E-state index contributed by atoms with van der Waals surface area (Å²) in [6.07, 6.45) is 1.68. The highest BCUT2D eigenvalue weighted by atomic mass is 16.1. The average Bonchev–Trinajstić information content (AvgIpc) is 1.85. The Balaban J connectivity index is 4.04. The molecule has 0 atom stereocenters. The van der Waals surface area contributed by atoms with Crippen LogP contribution in [0.2, 0.25) is 0 Å². The molecule has 0 aromatic rings. The lowest BCUT2D eigenvalue weighted by Gasteiger charge is -2.01. The Labute approximate surface area is 63.1 Å². The first-order valence-electron chi connectivity index (χ1n) is 3.72. The largest absolute Gasteiger partial charge is 0.300 e. The molecular formula is C9H16O. The van der Waals surface area contributed by atoms with Crippen molar-refractivity contribution < 1.29 is 4.79 Å². The lowest BCUT2D eigenvalue weighted by atomic mass is 10.0. The SMILES string of the molecule is CC/C(C)=C(\C)CC(C)=O. The van der Waals surface area contributed by atoms with Gasteiger partial charge < -0.3 is 0 Å². The number of carbonyl (C=O) groups excluding carboxylic acids is 1. The summed E-state index contributed by atoms with van der Waals surface area (Å²) in [6, 6.07) is 0. The molecule has 0 aliphatic rings. The molecule has 0 saturated heterocycles. The van der Waals surface area contributed by atoms with Crippen LogP contribution in [0.5, 0.6) is 0 Å². The highest BCUT2D eigenvalue weighted by Gasteiger charge is 1.97. The van der Waals surface area contributed by atoms with Crippen LogP contribution in [0.4, 0.5) is 0 Å². The van der Waals surface area contributed by atoms with Gasteiger partial charge in [-0.25, -0.2) is 0 Å². The Morgan fingerprint density at radius 3 is 1.90 bits per heavy atom. The van der Waals surface area contributed by atoms with E-state index in [1.807, 2.05) is 6.92 Å². The fraction of sp³-hybridized carbons (Fsp3) is 0.667. The van der Waals surface area contributed by atoms with E-state index in [0.717, 1.165) is 6.42 Å². The second-order valence-electron chi connectivity index (χ2n) is 2.79. The summed E-state index contributed by atoms with van der Waals surface area (Å²) in [5.74, 6) is 0.255. The molecule has 0 aromatic carbocycles. The lowest BCUT2D eigenvalue weighted by Crippen LogP contribution is -1.92. The van der Waals surface area contributed by atoms with Crippen molar-refractivity contribution >= 4 is 5.78 Å². The Kier molecular flexibility index (Phi) is 4.01. The van der Waals surface area contributed by atoms with Crippen molar-refractivity contribution in [1.82, 2.24) is 0 Å². The topological polar surface area (TPSA) is 17.1 Å². The number of allylic oxidation sites excluding steroid dienone is 2. The molecule has 0 spiro atoms. The van der Waals surface area contributed by atoms with E-state index in [9.17, 15) is 4.79 Å². The molecule has 0 N–H and O–H groups in total. The molecule has 0 rings (SSSR count). The van der Waals surface area contributed by atoms with E-state index in [0.29, 0.717) is 6.42 Å². The first-order chi connectivity index (χ1) is 4.57. The first kappa shape index (κ1) is 9.41. The zero-order valence-electron chi connectivity index (χ0n) is 7.32. The Morgan fingerprint density at radius 2 is 1.60 bits per heavy atom. The van der Waals surface area contributed by atoms with Crippen LogP contribution < -0.4 is 0 Å². The minimum Gasteiger partial charge on any atom is -0.300 e. The average molecular weight is 140 g/mol. The van der Waals surface area contributed by atoms with Crippen LogP contribution in [-0.2, 0) is 4.79 Å². The maximum atomic E-state index is 10.6. The van der Waals surface area contributed by atoms with E-state index in [1.54, 1.807) is 6.92 Å². The quantitative estimate of drug-likeness (QED) is 0.551. The standard InChI is InChI=1S/C9H16O/c1-5-7(2)8(3)6-9(4)10/h5-6H2,1-4H3/b8-7+. The molecule has 0 unspecified atom stereocenters. The third kappa shape index (κ3) is 3.44. The van der Waals surface area contributed by atoms with Crippen LogP contribution in [0.15, 0.2) is 11.1 Å². The van der Waals surface area contributed by atoms with Crippen LogP contribution in [-0.4, -0.2) is 5.78 Å². The van der Waals surface area contributed by atoms with Gasteiger partial charge in [-0.05, 0) is 27.2 Å². The van der Waals surface area contributed by atoms with Gasteiger partial charge in [-0.2, -0.15) is 0 Å². The molecular weight excluding hydrogens is 124 g/mol. The molecule has 0 radical (unpaired) electrons. The van der Waals surface area contributed by atoms with Gasteiger partial charge >= 0.3 is 0 Å². The smallest absolute Gasteiger partial charge is 0.133 e. The van der Waals surface area contributed by atoms with Crippen LogP contribution in [0.3, 0.4) is 0 Å². The first-order valence-corrected chi connectivity index (χ1v) is 3.72. The molecule has 1 nitrogen and oxygen atoms in total. The fourth-order valence-corrected chi connectivity index (χ4v) is 0.826. The predicted octanol–water partition coefficient (Wildman–Crippen LogP) is 2.71. The minimum atomic E-state index is 0.255. The molecule has 0 amide bonds. The molecule has 0 aliphatic heterocycles. The van der Waals surface area contributed by atoms with Gasteiger partial charge in [-0.15, -0.1) is 0 Å².